The van der Waals surface area contributed by atoms with E-state index >= 15 is 0 Å². The van der Waals surface area contributed by atoms with E-state index in [-0.39, 0.29) is 29.6 Å². The monoisotopic (exact) mass is 424 g/mol. The third kappa shape index (κ3) is 5.04. The Kier molecular flexibility index (Phi) is 6.59. The highest BCUT2D eigenvalue weighted by Crippen LogP contribution is 2.26. The summed E-state index contributed by atoms with van der Waals surface area (Å²) < 4.78 is 4.93. The fourth-order valence-corrected chi connectivity index (χ4v) is 3.50. The van der Waals surface area contributed by atoms with Crippen LogP contribution in [0.1, 0.15) is 36.0 Å². The maximum absolute atomic E-state index is 12.6. The van der Waals surface area contributed by atoms with Crippen molar-refractivity contribution in [3.63, 3.8) is 0 Å². The van der Waals surface area contributed by atoms with Gasteiger partial charge in [0.15, 0.2) is 5.69 Å². The molecule has 2 aromatic rings. The topological polar surface area (TPSA) is 87.5 Å². The van der Waals surface area contributed by atoms with E-state index in [4.69, 9.17) is 27.7 Å². The highest BCUT2D eigenvalue weighted by atomic mass is 35.5. The average Bonchev–Trinajstić information content (AvgIpc) is 3.11. The minimum Gasteiger partial charge on any atom is -0.361 e. The number of piperidine rings is 1. The van der Waals surface area contributed by atoms with Crippen LogP contribution in [0.4, 0.5) is 5.69 Å². The van der Waals surface area contributed by atoms with Gasteiger partial charge in [0, 0.05) is 30.2 Å². The van der Waals surface area contributed by atoms with Gasteiger partial charge in [-0.2, -0.15) is 0 Å². The van der Waals surface area contributed by atoms with Crippen LogP contribution in [0.5, 0.6) is 0 Å². The number of carbonyl (C=O) groups excluding carboxylic acids is 2. The molecule has 0 spiro atoms. The first-order valence-corrected chi connectivity index (χ1v) is 9.83. The van der Waals surface area contributed by atoms with Gasteiger partial charge in [-0.15, -0.1) is 0 Å². The lowest BCUT2D eigenvalue weighted by atomic mass is 10.0. The maximum Gasteiger partial charge on any atom is 0.273 e. The van der Waals surface area contributed by atoms with Crippen LogP contribution in [0.2, 0.25) is 10.0 Å². The fraction of sp³-hybridized carbons (Fsp3) is 0.421. The Hall–Kier alpha value is -2.09. The molecule has 1 unspecified atom stereocenters. The lowest BCUT2D eigenvalue weighted by Crippen LogP contribution is -2.50. The summed E-state index contributed by atoms with van der Waals surface area (Å²) >= 11 is 12.1. The number of likely N-dealkylation sites (tertiary alicyclic amines) is 1. The molecule has 150 valence electrons. The molecule has 28 heavy (non-hydrogen) atoms. The van der Waals surface area contributed by atoms with Gasteiger partial charge in [0.05, 0.1) is 16.8 Å². The van der Waals surface area contributed by atoms with Gasteiger partial charge in [0.25, 0.3) is 5.91 Å². The van der Waals surface area contributed by atoms with Crippen LogP contribution in [-0.4, -0.2) is 47.0 Å². The number of nitrogens with zero attached hydrogens (tertiary/aromatic N) is 2. The van der Waals surface area contributed by atoms with E-state index < -0.39 is 0 Å². The number of amides is 2. The van der Waals surface area contributed by atoms with E-state index in [0.717, 1.165) is 12.8 Å². The van der Waals surface area contributed by atoms with Crippen LogP contribution < -0.4 is 10.6 Å². The number of nitrogens with one attached hydrogen (secondary N) is 2. The summed E-state index contributed by atoms with van der Waals surface area (Å²) in [6.07, 6.45) is 1.50. The molecule has 1 fully saturated rings. The number of rotatable bonds is 5. The number of aryl methyl sites for hydroxylation is 1. The third-order valence-electron chi connectivity index (χ3n) is 4.84. The van der Waals surface area contributed by atoms with Crippen molar-refractivity contribution in [1.82, 2.24) is 15.4 Å². The predicted octanol–water partition coefficient (Wildman–Crippen LogP) is 3.51. The normalized spacial score (nSPS) is 16.6. The molecular formula is C19H22Cl2N4O3. The lowest BCUT2D eigenvalue weighted by molar-refractivity contribution is -0.121. The molecule has 0 saturated carbocycles. The van der Waals surface area contributed by atoms with E-state index in [2.05, 4.69) is 20.7 Å². The van der Waals surface area contributed by atoms with Crippen molar-refractivity contribution in [2.75, 3.05) is 18.4 Å². The number of benzene rings is 1. The van der Waals surface area contributed by atoms with Gasteiger partial charge in [-0.3, -0.25) is 14.5 Å². The second kappa shape index (κ2) is 8.94. The molecular weight excluding hydrogens is 403 g/mol. The Bertz CT molecular complexity index is 863. The smallest absolute Gasteiger partial charge is 0.273 e. The van der Waals surface area contributed by atoms with Crippen LogP contribution in [0.3, 0.4) is 0 Å². The molecule has 2 N–H and O–H groups in total. The third-order valence-corrected chi connectivity index (χ3v) is 5.40. The molecule has 1 saturated heterocycles. The zero-order valence-electron chi connectivity index (χ0n) is 15.7. The van der Waals surface area contributed by atoms with Gasteiger partial charge < -0.3 is 15.2 Å². The van der Waals surface area contributed by atoms with Crippen molar-refractivity contribution in [3.05, 3.63) is 45.8 Å². The van der Waals surface area contributed by atoms with E-state index in [1.165, 1.54) is 0 Å². The molecule has 3 rings (SSSR count). The Morgan fingerprint density at radius 1 is 1.25 bits per heavy atom. The van der Waals surface area contributed by atoms with E-state index in [9.17, 15) is 9.59 Å². The minimum absolute atomic E-state index is 0.0402. The zero-order valence-corrected chi connectivity index (χ0v) is 17.2. The molecule has 0 radical (unpaired) electrons. The molecule has 1 aliphatic heterocycles. The maximum atomic E-state index is 12.6. The molecule has 1 atom stereocenters. The van der Waals surface area contributed by atoms with Crippen molar-refractivity contribution >= 4 is 40.7 Å². The first-order valence-electron chi connectivity index (χ1n) is 9.07. The van der Waals surface area contributed by atoms with Gasteiger partial charge >= 0.3 is 0 Å². The van der Waals surface area contributed by atoms with Crippen LogP contribution in [0, 0.1) is 6.92 Å². The van der Waals surface area contributed by atoms with Crippen molar-refractivity contribution < 1.29 is 14.1 Å². The number of hydrogen-bond donors (Lipinski definition) is 2. The summed E-state index contributed by atoms with van der Waals surface area (Å²) in [5, 5.41) is 10.5. The first-order chi connectivity index (χ1) is 13.3. The number of hydrogen-bond acceptors (Lipinski definition) is 5. The molecule has 1 aliphatic rings. The van der Waals surface area contributed by atoms with Crippen LogP contribution >= 0.6 is 23.2 Å². The summed E-state index contributed by atoms with van der Waals surface area (Å²) in [4.78, 5) is 26.8. The summed E-state index contributed by atoms with van der Waals surface area (Å²) in [7, 11) is 0. The Morgan fingerprint density at radius 2 is 1.96 bits per heavy atom. The van der Waals surface area contributed by atoms with Crippen molar-refractivity contribution in [2.24, 2.45) is 0 Å². The summed E-state index contributed by atoms with van der Waals surface area (Å²) in [6.45, 7) is 4.98. The Balaban J connectivity index is 1.50. The van der Waals surface area contributed by atoms with E-state index in [0.29, 0.717) is 34.6 Å². The average molecular weight is 425 g/mol. The summed E-state index contributed by atoms with van der Waals surface area (Å²) in [5.41, 5.74) is 0.780. The fourth-order valence-electron chi connectivity index (χ4n) is 3.16. The Labute approximate surface area is 173 Å². The van der Waals surface area contributed by atoms with Gasteiger partial charge in [0.2, 0.25) is 5.91 Å². The number of halogens is 2. The second-order valence-corrected chi connectivity index (χ2v) is 7.74. The second-order valence-electron chi connectivity index (χ2n) is 6.90. The van der Waals surface area contributed by atoms with E-state index in [1.807, 2.05) is 6.92 Å². The number of carbonyl (C=O) groups is 2. The molecule has 0 bridgehead atoms. The SMILES string of the molecule is Cc1cc(C(=O)NC2CCN(C(C)C(=O)Nc3cc(Cl)ccc3Cl)CC2)no1. The largest absolute Gasteiger partial charge is 0.361 e. The van der Waals surface area contributed by atoms with Crippen LogP contribution in [-0.2, 0) is 4.79 Å². The van der Waals surface area contributed by atoms with Crippen molar-refractivity contribution in [1.29, 1.82) is 0 Å². The lowest BCUT2D eigenvalue weighted by Gasteiger charge is -2.35. The summed E-state index contributed by atoms with van der Waals surface area (Å²) in [5.74, 6) is 0.209. The van der Waals surface area contributed by atoms with Gasteiger partial charge in [-0.1, -0.05) is 28.4 Å². The minimum atomic E-state index is -0.329. The van der Waals surface area contributed by atoms with Crippen molar-refractivity contribution in [2.45, 2.75) is 38.8 Å². The summed E-state index contributed by atoms with van der Waals surface area (Å²) in [6, 6.07) is 6.26. The quantitative estimate of drug-likeness (QED) is 0.766. The molecule has 2 amide bonds. The van der Waals surface area contributed by atoms with Crippen LogP contribution in [0.25, 0.3) is 0 Å². The highest BCUT2D eigenvalue weighted by Gasteiger charge is 2.28. The predicted molar refractivity (Wildman–Crippen MR) is 108 cm³/mol. The highest BCUT2D eigenvalue weighted by molar-refractivity contribution is 6.35. The zero-order chi connectivity index (χ0) is 20.3. The Morgan fingerprint density at radius 3 is 2.61 bits per heavy atom. The molecule has 1 aromatic heterocycles. The van der Waals surface area contributed by atoms with Crippen LogP contribution in [0.15, 0.2) is 28.8 Å². The molecule has 7 nitrogen and oxygen atoms in total. The van der Waals surface area contributed by atoms with Gasteiger partial charge in [0.1, 0.15) is 5.76 Å². The number of aromatic nitrogens is 1. The molecule has 9 heteroatoms. The number of anilines is 1. The van der Waals surface area contributed by atoms with Crippen molar-refractivity contribution in [3.8, 4) is 0 Å². The molecule has 0 aliphatic carbocycles. The molecule has 1 aromatic carbocycles. The first kappa shape index (κ1) is 20.6. The van der Waals surface area contributed by atoms with Gasteiger partial charge in [-0.25, -0.2) is 0 Å². The standard InChI is InChI=1S/C19H22Cl2N4O3/c1-11-9-17(24-28-11)19(27)22-14-5-7-25(8-6-14)12(2)18(26)23-16-10-13(20)3-4-15(16)21/h3-4,9-10,12,14H,5-8H2,1-2H3,(H,22,27)(H,23,26). The van der Waals surface area contributed by atoms with E-state index in [1.54, 1.807) is 31.2 Å². The molecule has 2 heterocycles. The van der Waals surface area contributed by atoms with Gasteiger partial charge in [-0.05, 0) is 44.9 Å².